The molecule has 3 aromatic rings. The molecule has 0 fully saturated rings. The predicted molar refractivity (Wildman–Crippen MR) is 154 cm³/mol. The van der Waals surface area contributed by atoms with Gasteiger partial charge in [-0.3, -0.25) is 13.9 Å². The molecule has 0 radical (unpaired) electrons. The average Bonchev–Trinajstić information content (AvgIpc) is 2.90. The Morgan fingerprint density at radius 3 is 2.18 bits per heavy atom. The standard InChI is InChI=1S/C29H35N3O4S2/c1-6-30-29(34)23(4)31(19-24-9-7-8-22(3)18-24)28(33)20-32(25-12-10-21(2)11-13-25)38(35,36)27-16-14-26(37-5)15-17-27/h7-18,23H,6,19-20H2,1-5H3,(H,30,34)/t23-/m0/s1. The number of anilines is 1. The van der Waals surface area contributed by atoms with Crippen LogP contribution in [0.2, 0.25) is 0 Å². The van der Waals surface area contributed by atoms with E-state index in [1.807, 2.05) is 51.3 Å². The number of likely N-dealkylation sites (N-methyl/N-ethyl adjacent to an activating group) is 1. The largest absolute Gasteiger partial charge is 0.355 e. The van der Waals surface area contributed by atoms with Crippen molar-refractivity contribution in [3.8, 4) is 0 Å². The van der Waals surface area contributed by atoms with Crippen LogP contribution in [0.1, 0.15) is 30.5 Å². The van der Waals surface area contributed by atoms with Crippen LogP contribution in [-0.4, -0.2) is 50.5 Å². The first kappa shape index (κ1) is 29.3. The molecule has 9 heteroatoms. The van der Waals surface area contributed by atoms with Crippen LogP contribution in [0.5, 0.6) is 0 Å². The van der Waals surface area contributed by atoms with Crippen molar-refractivity contribution in [3.05, 3.63) is 89.5 Å². The number of carbonyl (C=O) groups excluding carboxylic acids is 2. The zero-order valence-corrected chi connectivity index (χ0v) is 24.1. The van der Waals surface area contributed by atoms with Gasteiger partial charge in [-0.15, -0.1) is 11.8 Å². The van der Waals surface area contributed by atoms with E-state index in [4.69, 9.17) is 0 Å². The monoisotopic (exact) mass is 553 g/mol. The van der Waals surface area contributed by atoms with Crippen LogP contribution in [0, 0.1) is 13.8 Å². The zero-order valence-electron chi connectivity index (χ0n) is 22.5. The summed E-state index contributed by atoms with van der Waals surface area (Å²) >= 11 is 1.51. The van der Waals surface area contributed by atoms with Crippen molar-refractivity contribution in [3.63, 3.8) is 0 Å². The van der Waals surface area contributed by atoms with E-state index in [9.17, 15) is 18.0 Å². The maximum Gasteiger partial charge on any atom is 0.264 e. The summed E-state index contributed by atoms with van der Waals surface area (Å²) in [6.45, 7) is 7.47. The molecule has 0 aliphatic heterocycles. The van der Waals surface area contributed by atoms with Crippen LogP contribution in [0.25, 0.3) is 0 Å². The molecule has 0 spiro atoms. The van der Waals surface area contributed by atoms with Gasteiger partial charge in [0, 0.05) is 18.0 Å². The van der Waals surface area contributed by atoms with Gasteiger partial charge in [-0.05, 0) is 75.9 Å². The van der Waals surface area contributed by atoms with Crippen LogP contribution in [0.3, 0.4) is 0 Å². The smallest absolute Gasteiger partial charge is 0.264 e. The quantitative estimate of drug-likeness (QED) is 0.346. The summed E-state index contributed by atoms with van der Waals surface area (Å²) in [5.41, 5.74) is 3.22. The number of aryl methyl sites for hydroxylation is 2. The second kappa shape index (κ2) is 13.0. The lowest BCUT2D eigenvalue weighted by atomic mass is 10.1. The van der Waals surface area contributed by atoms with Gasteiger partial charge in [0.1, 0.15) is 12.6 Å². The highest BCUT2D eigenvalue weighted by molar-refractivity contribution is 7.98. The zero-order chi connectivity index (χ0) is 27.9. The maximum absolute atomic E-state index is 13.9. The molecule has 3 rings (SSSR count). The molecule has 0 unspecified atom stereocenters. The Hall–Kier alpha value is -3.30. The summed E-state index contributed by atoms with van der Waals surface area (Å²) < 4.78 is 28.8. The molecule has 0 saturated heterocycles. The van der Waals surface area contributed by atoms with Crippen molar-refractivity contribution < 1.29 is 18.0 Å². The third-order valence-electron chi connectivity index (χ3n) is 6.20. The molecular formula is C29H35N3O4S2. The molecule has 1 atom stereocenters. The van der Waals surface area contributed by atoms with E-state index in [0.717, 1.165) is 25.9 Å². The van der Waals surface area contributed by atoms with Gasteiger partial charge in [-0.2, -0.15) is 0 Å². The van der Waals surface area contributed by atoms with Crippen molar-refractivity contribution in [2.75, 3.05) is 23.7 Å². The third kappa shape index (κ3) is 7.17. The summed E-state index contributed by atoms with van der Waals surface area (Å²) in [7, 11) is -4.08. The number of amides is 2. The van der Waals surface area contributed by atoms with Crippen LogP contribution < -0.4 is 9.62 Å². The molecule has 3 aromatic carbocycles. The summed E-state index contributed by atoms with van der Waals surface area (Å²) in [5.74, 6) is -0.777. The highest BCUT2D eigenvalue weighted by atomic mass is 32.2. The SMILES string of the molecule is CCNC(=O)[C@H](C)N(Cc1cccc(C)c1)C(=O)CN(c1ccc(C)cc1)S(=O)(=O)c1ccc(SC)cc1. The van der Waals surface area contributed by atoms with Crippen molar-refractivity contribution in [1.29, 1.82) is 0 Å². The molecule has 0 heterocycles. The van der Waals surface area contributed by atoms with E-state index < -0.39 is 28.5 Å². The van der Waals surface area contributed by atoms with Crippen LogP contribution >= 0.6 is 11.8 Å². The molecule has 0 aliphatic carbocycles. The lowest BCUT2D eigenvalue weighted by molar-refractivity contribution is -0.139. The Labute approximate surface area is 230 Å². The first-order valence-electron chi connectivity index (χ1n) is 12.4. The van der Waals surface area contributed by atoms with Crippen molar-refractivity contribution >= 4 is 39.3 Å². The number of benzene rings is 3. The van der Waals surface area contributed by atoms with Gasteiger partial charge >= 0.3 is 0 Å². The molecule has 0 bridgehead atoms. The minimum absolute atomic E-state index is 0.0886. The first-order chi connectivity index (χ1) is 18.1. The number of hydrogen-bond acceptors (Lipinski definition) is 5. The second-order valence-electron chi connectivity index (χ2n) is 9.10. The molecule has 2 amide bonds. The lowest BCUT2D eigenvalue weighted by Gasteiger charge is -2.32. The van der Waals surface area contributed by atoms with Gasteiger partial charge in [0.25, 0.3) is 10.0 Å². The van der Waals surface area contributed by atoms with Crippen molar-refractivity contribution in [1.82, 2.24) is 10.2 Å². The molecule has 38 heavy (non-hydrogen) atoms. The van der Waals surface area contributed by atoms with E-state index in [1.165, 1.54) is 16.7 Å². The van der Waals surface area contributed by atoms with E-state index in [1.54, 1.807) is 55.5 Å². The van der Waals surface area contributed by atoms with E-state index in [-0.39, 0.29) is 17.3 Å². The van der Waals surface area contributed by atoms with Gasteiger partial charge in [0.2, 0.25) is 11.8 Å². The molecule has 0 aromatic heterocycles. The molecule has 7 nitrogen and oxygen atoms in total. The Kier molecular flexibility index (Phi) is 9.99. The topological polar surface area (TPSA) is 86.8 Å². The number of nitrogens with zero attached hydrogens (tertiary/aromatic N) is 2. The summed E-state index contributed by atoms with van der Waals surface area (Å²) in [6.07, 6.45) is 1.92. The Bertz CT molecular complexity index is 1360. The number of rotatable bonds is 11. The molecule has 202 valence electrons. The predicted octanol–water partition coefficient (Wildman–Crippen LogP) is 4.77. The number of sulfonamides is 1. The van der Waals surface area contributed by atoms with E-state index in [2.05, 4.69) is 5.32 Å². The first-order valence-corrected chi connectivity index (χ1v) is 15.1. The Balaban J connectivity index is 2.02. The molecule has 1 N–H and O–H groups in total. The minimum atomic E-state index is -4.08. The fourth-order valence-electron chi connectivity index (χ4n) is 4.03. The van der Waals surface area contributed by atoms with Gasteiger partial charge in [0.05, 0.1) is 10.6 Å². The summed E-state index contributed by atoms with van der Waals surface area (Å²) in [5, 5.41) is 2.77. The van der Waals surface area contributed by atoms with Crippen LogP contribution in [0.4, 0.5) is 5.69 Å². The van der Waals surface area contributed by atoms with Gasteiger partial charge in [-0.1, -0.05) is 47.5 Å². The molecular weight excluding hydrogens is 518 g/mol. The van der Waals surface area contributed by atoms with Gasteiger partial charge in [-0.25, -0.2) is 8.42 Å². The van der Waals surface area contributed by atoms with Gasteiger partial charge < -0.3 is 10.2 Å². The maximum atomic E-state index is 13.9. The number of hydrogen-bond donors (Lipinski definition) is 1. The average molecular weight is 554 g/mol. The minimum Gasteiger partial charge on any atom is -0.355 e. The third-order valence-corrected chi connectivity index (χ3v) is 8.73. The molecule has 0 aliphatic rings. The number of nitrogens with one attached hydrogen (secondary N) is 1. The Morgan fingerprint density at radius 1 is 0.947 bits per heavy atom. The number of carbonyl (C=O) groups is 2. The van der Waals surface area contributed by atoms with E-state index >= 15 is 0 Å². The Morgan fingerprint density at radius 2 is 1.61 bits per heavy atom. The van der Waals surface area contributed by atoms with Crippen molar-refractivity contribution in [2.45, 2.75) is 50.1 Å². The highest BCUT2D eigenvalue weighted by Gasteiger charge is 2.32. The summed E-state index contributed by atoms with van der Waals surface area (Å²) in [6, 6.07) is 20.5. The molecule has 0 saturated carbocycles. The second-order valence-corrected chi connectivity index (χ2v) is 11.8. The summed E-state index contributed by atoms with van der Waals surface area (Å²) in [4.78, 5) is 29.1. The fraction of sp³-hybridized carbons (Fsp3) is 0.310. The van der Waals surface area contributed by atoms with Crippen LogP contribution in [0.15, 0.2) is 82.6 Å². The lowest BCUT2D eigenvalue weighted by Crippen LogP contribution is -2.51. The fourth-order valence-corrected chi connectivity index (χ4v) is 5.85. The highest BCUT2D eigenvalue weighted by Crippen LogP contribution is 2.26. The normalized spacial score (nSPS) is 12.0. The van der Waals surface area contributed by atoms with E-state index in [0.29, 0.717) is 12.2 Å². The van der Waals surface area contributed by atoms with Crippen molar-refractivity contribution in [2.24, 2.45) is 0 Å². The van der Waals surface area contributed by atoms with Crippen LogP contribution in [-0.2, 0) is 26.2 Å². The number of thioether (sulfide) groups is 1. The van der Waals surface area contributed by atoms with Gasteiger partial charge in [0.15, 0.2) is 0 Å².